The van der Waals surface area contributed by atoms with E-state index >= 15 is 0 Å². The quantitative estimate of drug-likeness (QED) is 0.549. The van der Waals surface area contributed by atoms with E-state index in [2.05, 4.69) is 10.6 Å². The van der Waals surface area contributed by atoms with Crippen LogP contribution in [0.4, 0.5) is 0 Å². The summed E-state index contributed by atoms with van der Waals surface area (Å²) < 4.78 is 11.1. The van der Waals surface area contributed by atoms with Crippen LogP contribution >= 0.6 is 0 Å². The number of ether oxygens (including phenoxy) is 2. The molecule has 2 amide bonds. The molecular formula is C23H24N2O4. The summed E-state index contributed by atoms with van der Waals surface area (Å²) in [5.41, 5.74) is 0.473. The van der Waals surface area contributed by atoms with Gasteiger partial charge in [-0.2, -0.15) is 0 Å². The Morgan fingerprint density at radius 3 is 2.41 bits per heavy atom. The summed E-state index contributed by atoms with van der Waals surface area (Å²) in [5.74, 6) is 0.898. The molecule has 3 aromatic carbocycles. The van der Waals surface area contributed by atoms with Gasteiger partial charge in [0.1, 0.15) is 18.1 Å². The fourth-order valence-corrected chi connectivity index (χ4v) is 2.87. The van der Waals surface area contributed by atoms with Crippen LogP contribution in [0.1, 0.15) is 17.3 Å². The molecule has 0 saturated heterocycles. The number of nitrogens with one attached hydrogen (secondary N) is 2. The zero-order valence-corrected chi connectivity index (χ0v) is 16.3. The Hall–Kier alpha value is -3.54. The van der Waals surface area contributed by atoms with Crippen LogP contribution in [-0.4, -0.2) is 38.1 Å². The molecule has 3 rings (SSSR count). The van der Waals surface area contributed by atoms with E-state index in [4.69, 9.17) is 9.47 Å². The van der Waals surface area contributed by atoms with Gasteiger partial charge < -0.3 is 20.1 Å². The molecule has 0 aromatic heterocycles. The van der Waals surface area contributed by atoms with Crippen molar-refractivity contribution in [3.8, 4) is 11.5 Å². The van der Waals surface area contributed by atoms with Gasteiger partial charge in [0.25, 0.3) is 5.91 Å². The highest BCUT2D eigenvalue weighted by molar-refractivity contribution is 5.96. The predicted molar refractivity (Wildman–Crippen MR) is 112 cm³/mol. The minimum Gasteiger partial charge on any atom is -0.494 e. The third-order valence-corrected chi connectivity index (χ3v) is 4.27. The molecule has 0 heterocycles. The Morgan fingerprint density at radius 2 is 1.62 bits per heavy atom. The molecule has 150 valence electrons. The van der Waals surface area contributed by atoms with Crippen LogP contribution in [0, 0.1) is 0 Å². The topological polar surface area (TPSA) is 76.7 Å². The first-order chi connectivity index (χ1) is 14.2. The van der Waals surface area contributed by atoms with E-state index < -0.39 is 0 Å². The molecule has 0 saturated carbocycles. The molecule has 0 radical (unpaired) electrons. The first-order valence-corrected chi connectivity index (χ1v) is 9.55. The molecule has 0 fully saturated rings. The van der Waals surface area contributed by atoms with Gasteiger partial charge in [-0.05, 0) is 42.6 Å². The Kier molecular flexibility index (Phi) is 7.05. The van der Waals surface area contributed by atoms with Crippen molar-refractivity contribution in [1.29, 1.82) is 0 Å². The number of hydrogen-bond donors (Lipinski definition) is 2. The number of amides is 2. The molecule has 6 nitrogen and oxygen atoms in total. The molecule has 0 aliphatic carbocycles. The highest BCUT2D eigenvalue weighted by Crippen LogP contribution is 2.24. The summed E-state index contributed by atoms with van der Waals surface area (Å²) in [6.45, 7) is 3.05. The Morgan fingerprint density at radius 1 is 0.862 bits per heavy atom. The lowest BCUT2D eigenvalue weighted by molar-refractivity contribution is -0.120. The van der Waals surface area contributed by atoms with Gasteiger partial charge in [0.05, 0.1) is 19.7 Å². The maximum absolute atomic E-state index is 12.1. The first-order valence-electron chi connectivity index (χ1n) is 9.55. The summed E-state index contributed by atoms with van der Waals surface area (Å²) >= 11 is 0. The summed E-state index contributed by atoms with van der Waals surface area (Å²) in [5, 5.41) is 7.47. The average molecular weight is 392 g/mol. The van der Waals surface area contributed by atoms with Crippen molar-refractivity contribution < 1.29 is 19.1 Å². The minimum absolute atomic E-state index is 0.0969. The van der Waals surface area contributed by atoms with Gasteiger partial charge in [-0.15, -0.1) is 0 Å². The fourth-order valence-electron chi connectivity index (χ4n) is 2.87. The van der Waals surface area contributed by atoms with E-state index in [-0.39, 0.29) is 18.4 Å². The van der Waals surface area contributed by atoms with Gasteiger partial charge in [0, 0.05) is 10.9 Å². The lowest BCUT2D eigenvalue weighted by Crippen LogP contribution is -2.38. The Balaban J connectivity index is 1.39. The van der Waals surface area contributed by atoms with E-state index in [1.165, 1.54) is 0 Å². The van der Waals surface area contributed by atoms with E-state index in [1.807, 2.05) is 49.4 Å². The summed E-state index contributed by atoms with van der Waals surface area (Å²) in [7, 11) is 0. The van der Waals surface area contributed by atoms with Crippen LogP contribution in [0.15, 0.2) is 66.7 Å². The van der Waals surface area contributed by atoms with Crippen molar-refractivity contribution in [2.45, 2.75) is 6.92 Å². The zero-order chi connectivity index (χ0) is 20.5. The number of carbonyl (C=O) groups is 2. The van der Waals surface area contributed by atoms with E-state index in [0.29, 0.717) is 31.1 Å². The average Bonchev–Trinajstić information content (AvgIpc) is 2.76. The molecule has 0 unspecified atom stereocenters. The van der Waals surface area contributed by atoms with E-state index in [1.54, 1.807) is 24.3 Å². The van der Waals surface area contributed by atoms with Gasteiger partial charge in [-0.3, -0.25) is 9.59 Å². The maximum Gasteiger partial charge on any atom is 0.251 e. The molecule has 6 heteroatoms. The summed E-state index contributed by atoms with van der Waals surface area (Å²) in [4.78, 5) is 24.0. The normalized spacial score (nSPS) is 10.4. The summed E-state index contributed by atoms with van der Waals surface area (Å²) in [6.07, 6.45) is 0. The number of rotatable bonds is 9. The maximum atomic E-state index is 12.1. The number of carbonyl (C=O) groups excluding carboxylic acids is 2. The lowest BCUT2D eigenvalue weighted by atomic mass is 10.1. The molecule has 0 atom stereocenters. The second-order valence-corrected chi connectivity index (χ2v) is 6.32. The largest absolute Gasteiger partial charge is 0.494 e. The predicted octanol–water partition coefficient (Wildman–Crippen LogP) is 3.16. The van der Waals surface area contributed by atoms with Crippen molar-refractivity contribution in [1.82, 2.24) is 10.6 Å². The standard InChI is InChI=1S/C23H24N2O4/c1-2-28-19-12-10-18(11-13-19)23(27)25-16-22(26)24-14-15-29-21-9-5-7-17-6-3-4-8-20(17)21/h3-13H,2,14-16H2,1H3,(H,24,26)(H,25,27). The smallest absolute Gasteiger partial charge is 0.251 e. The lowest BCUT2D eigenvalue weighted by Gasteiger charge is -2.11. The van der Waals surface area contributed by atoms with Gasteiger partial charge in [-0.1, -0.05) is 36.4 Å². The molecule has 0 bridgehead atoms. The van der Waals surface area contributed by atoms with Crippen LogP contribution in [0.5, 0.6) is 11.5 Å². The molecule has 0 spiro atoms. The fraction of sp³-hybridized carbons (Fsp3) is 0.217. The van der Waals surface area contributed by atoms with Crippen molar-refractivity contribution in [3.63, 3.8) is 0 Å². The van der Waals surface area contributed by atoms with Crippen LogP contribution in [-0.2, 0) is 4.79 Å². The molecule has 3 aromatic rings. The molecule has 0 aliphatic heterocycles. The van der Waals surface area contributed by atoms with Crippen molar-refractivity contribution in [2.75, 3.05) is 26.3 Å². The highest BCUT2D eigenvalue weighted by Gasteiger charge is 2.08. The monoisotopic (exact) mass is 392 g/mol. The Labute approximate surface area is 169 Å². The van der Waals surface area contributed by atoms with Gasteiger partial charge in [-0.25, -0.2) is 0 Å². The Bertz CT molecular complexity index is 965. The molecular weight excluding hydrogens is 368 g/mol. The number of benzene rings is 3. The summed E-state index contributed by atoms with van der Waals surface area (Å²) in [6, 6.07) is 20.6. The molecule has 2 N–H and O–H groups in total. The third-order valence-electron chi connectivity index (χ3n) is 4.27. The van der Waals surface area contributed by atoms with Crippen molar-refractivity contribution >= 4 is 22.6 Å². The number of fused-ring (bicyclic) bond motifs is 1. The SMILES string of the molecule is CCOc1ccc(C(=O)NCC(=O)NCCOc2cccc3ccccc23)cc1. The highest BCUT2D eigenvalue weighted by atomic mass is 16.5. The van der Waals surface area contributed by atoms with E-state index in [0.717, 1.165) is 16.5 Å². The number of hydrogen-bond acceptors (Lipinski definition) is 4. The van der Waals surface area contributed by atoms with Crippen LogP contribution in [0.25, 0.3) is 10.8 Å². The van der Waals surface area contributed by atoms with E-state index in [9.17, 15) is 9.59 Å². The van der Waals surface area contributed by atoms with Gasteiger partial charge in [0.2, 0.25) is 5.91 Å². The van der Waals surface area contributed by atoms with Gasteiger partial charge in [0.15, 0.2) is 0 Å². The minimum atomic E-state index is -0.310. The van der Waals surface area contributed by atoms with Gasteiger partial charge >= 0.3 is 0 Å². The van der Waals surface area contributed by atoms with Crippen LogP contribution in [0.2, 0.25) is 0 Å². The van der Waals surface area contributed by atoms with Crippen molar-refractivity contribution in [3.05, 3.63) is 72.3 Å². The first kappa shape index (κ1) is 20.2. The van der Waals surface area contributed by atoms with Crippen LogP contribution < -0.4 is 20.1 Å². The molecule has 29 heavy (non-hydrogen) atoms. The second-order valence-electron chi connectivity index (χ2n) is 6.32. The molecule has 0 aliphatic rings. The van der Waals surface area contributed by atoms with Crippen molar-refractivity contribution in [2.24, 2.45) is 0 Å². The van der Waals surface area contributed by atoms with Crippen LogP contribution in [0.3, 0.4) is 0 Å². The second kappa shape index (κ2) is 10.1. The third kappa shape index (κ3) is 5.72. The zero-order valence-electron chi connectivity index (χ0n) is 16.3.